The van der Waals surface area contributed by atoms with Crippen molar-refractivity contribution in [2.75, 3.05) is 18.5 Å². The van der Waals surface area contributed by atoms with Crippen molar-refractivity contribution in [3.63, 3.8) is 0 Å². The van der Waals surface area contributed by atoms with Gasteiger partial charge >= 0.3 is 6.18 Å². The van der Waals surface area contributed by atoms with Crippen molar-refractivity contribution < 1.29 is 18.0 Å². The van der Waals surface area contributed by atoms with E-state index in [1.165, 1.54) is 5.56 Å². The molecule has 1 aliphatic rings. The van der Waals surface area contributed by atoms with Gasteiger partial charge in [-0.05, 0) is 17.5 Å². The second-order valence-electron chi connectivity index (χ2n) is 3.85. The molecule has 17 heavy (non-hydrogen) atoms. The monoisotopic (exact) mass is 246 g/mol. The third kappa shape index (κ3) is 3.34. The van der Waals surface area contributed by atoms with Crippen molar-refractivity contribution in [2.24, 2.45) is 0 Å². The summed E-state index contributed by atoms with van der Waals surface area (Å²) in [6, 6.07) is 5.77. The van der Waals surface area contributed by atoms with Crippen LogP contribution in [0.15, 0.2) is 18.2 Å². The van der Waals surface area contributed by atoms with E-state index in [-0.39, 0.29) is 6.54 Å². The minimum absolute atomic E-state index is 0.256. The van der Waals surface area contributed by atoms with Gasteiger partial charge in [0.1, 0.15) is 0 Å². The van der Waals surface area contributed by atoms with Gasteiger partial charge in [0.2, 0.25) is 0 Å². The first-order valence-corrected chi connectivity index (χ1v) is 5.32. The van der Waals surface area contributed by atoms with Crippen LogP contribution in [0.5, 0.6) is 0 Å². The number of fused-ring (bicyclic) bond motifs is 1. The van der Waals surface area contributed by atoms with E-state index in [1.54, 1.807) is 0 Å². The van der Waals surface area contributed by atoms with Gasteiger partial charge in [-0.3, -0.25) is 4.84 Å². The first-order chi connectivity index (χ1) is 8.06. The Morgan fingerprint density at radius 2 is 2.18 bits per heavy atom. The number of hydrogen-bond acceptors (Lipinski definition) is 3. The van der Waals surface area contributed by atoms with E-state index < -0.39 is 12.8 Å². The molecule has 1 aliphatic heterocycles. The van der Waals surface area contributed by atoms with Gasteiger partial charge in [0.25, 0.3) is 0 Å². The SMILES string of the molecule is FC(F)(F)CONCc1cccc2c1NCC2. The zero-order valence-electron chi connectivity index (χ0n) is 9.10. The molecule has 2 rings (SSSR count). The second kappa shape index (κ2) is 4.93. The molecule has 0 aliphatic carbocycles. The van der Waals surface area contributed by atoms with E-state index in [9.17, 15) is 13.2 Å². The van der Waals surface area contributed by atoms with Crippen molar-refractivity contribution in [3.05, 3.63) is 29.3 Å². The normalized spacial score (nSPS) is 14.5. The second-order valence-corrected chi connectivity index (χ2v) is 3.85. The molecule has 0 fully saturated rings. The third-order valence-electron chi connectivity index (χ3n) is 2.53. The van der Waals surface area contributed by atoms with Gasteiger partial charge in [-0.1, -0.05) is 18.2 Å². The number of benzene rings is 1. The maximum atomic E-state index is 11.8. The molecule has 0 unspecified atom stereocenters. The number of anilines is 1. The van der Waals surface area contributed by atoms with Crippen molar-refractivity contribution in [3.8, 4) is 0 Å². The Hall–Kier alpha value is -1.27. The molecule has 0 saturated heterocycles. The summed E-state index contributed by atoms with van der Waals surface area (Å²) in [6.07, 6.45) is -3.35. The first kappa shape index (κ1) is 12.2. The molecule has 0 amide bonds. The zero-order valence-corrected chi connectivity index (χ0v) is 9.10. The molecule has 1 aromatic carbocycles. The fourth-order valence-electron chi connectivity index (χ4n) is 1.82. The molecular formula is C11H13F3N2O. The van der Waals surface area contributed by atoms with Crippen molar-refractivity contribution in [1.82, 2.24) is 5.48 Å². The van der Waals surface area contributed by atoms with Crippen LogP contribution in [0.2, 0.25) is 0 Å². The highest BCUT2D eigenvalue weighted by atomic mass is 19.4. The summed E-state index contributed by atoms with van der Waals surface area (Å²) in [6.45, 7) is -0.155. The van der Waals surface area contributed by atoms with E-state index in [0.717, 1.165) is 24.2 Å². The van der Waals surface area contributed by atoms with Crippen LogP contribution in [0.1, 0.15) is 11.1 Å². The highest BCUT2D eigenvalue weighted by molar-refractivity contribution is 5.61. The Bertz CT molecular complexity index is 393. The molecule has 94 valence electrons. The number of nitrogens with one attached hydrogen (secondary N) is 2. The minimum Gasteiger partial charge on any atom is -0.384 e. The lowest BCUT2D eigenvalue weighted by Gasteiger charge is -2.11. The Labute approximate surface area is 96.9 Å². The van der Waals surface area contributed by atoms with Crippen molar-refractivity contribution >= 4 is 5.69 Å². The molecule has 6 heteroatoms. The van der Waals surface area contributed by atoms with Gasteiger partial charge in [0, 0.05) is 18.8 Å². The molecule has 0 bridgehead atoms. The molecule has 3 nitrogen and oxygen atoms in total. The van der Waals surface area contributed by atoms with Gasteiger partial charge in [-0.25, -0.2) is 0 Å². The molecule has 0 aromatic heterocycles. The Morgan fingerprint density at radius 1 is 1.35 bits per heavy atom. The summed E-state index contributed by atoms with van der Waals surface area (Å²) in [7, 11) is 0. The molecule has 0 spiro atoms. The lowest BCUT2D eigenvalue weighted by atomic mass is 10.1. The van der Waals surface area contributed by atoms with Crippen LogP contribution in [0.4, 0.5) is 18.9 Å². The standard InChI is InChI=1S/C11H13F3N2O/c12-11(13,14)7-17-16-6-9-3-1-2-8-4-5-15-10(8)9/h1-3,15-16H,4-7H2. The quantitative estimate of drug-likeness (QED) is 0.631. The van der Waals surface area contributed by atoms with E-state index in [2.05, 4.69) is 15.6 Å². The van der Waals surface area contributed by atoms with Gasteiger partial charge in [-0.15, -0.1) is 0 Å². The fourth-order valence-corrected chi connectivity index (χ4v) is 1.82. The summed E-state index contributed by atoms with van der Waals surface area (Å²) in [5, 5.41) is 3.21. The van der Waals surface area contributed by atoms with E-state index in [1.807, 2.05) is 18.2 Å². The summed E-state index contributed by atoms with van der Waals surface area (Å²) < 4.78 is 35.5. The lowest BCUT2D eigenvalue weighted by molar-refractivity contribution is -0.190. The summed E-state index contributed by atoms with van der Waals surface area (Å²) >= 11 is 0. The molecule has 1 heterocycles. The van der Waals surface area contributed by atoms with Crippen LogP contribution >= 0.6 is 0 Å². The van der Waals surface area contributed by atoms with E-state index in [4.69, 9.17) is 0 Å². The smallest absolute Gasteiger partial charge is 0.384 e. The number of hydrogen-bond donors (Lipinski definition) is 2. The van der Waals surface area contributed by atoms with Gasteiger partial charge in [0.05, 0.1) is 0 Å². The van der Waals surface area contributed by atoms with Gasteiger partial charge in [-0.2, -0.15) is 18.7 Å². The number of para-hydroxylation sites is 1. The van der Waals surface area contributed by atoms with Gasteiger partial charge in [0.15, 0.2) is 6.61 Å². The summed E-state index contributed by atoms with van der Waals surface area (Å²) in [4.78, 5) is 4.36. The number of hydroxylamine groups is 1. The Kier molecular flexibility index (Phi) is 3.54. The van der Waals surface area contributed by atoms with Crippen LogP contribution in [0, 0.1) is 0 Å². The predicted octanol–water partition coefficient (Wildman–Crippen LogP) is 2.24. The predicted molar refractivity (Wildman–Crippen MR) is 57.5 cm³/mol. The average molecular weight is 246 g/mol. The number of halogens is 3. The molecule has 1 aromatic rings. The van der Waals surface area contributed by atoms with Crippen molar-refractivity contribution in [1.29, 1.82) is 0 Å². The van der Waals surface area contributed by atoms with Crippen LogP contribution in [-0.4, -0.2) is 19.3 Å². The first-order valence-electron chi connectivity index (χ1n) is 5.32. The average Bonchev–Trinajstić information content (AvgIpc) is 2.71. The topological polar surface area (TPSA) is 33.3 Å². The minimum atomic E-state index is -4.30. The number of rotatable bonds is 4. The highest BCUT2D eigenvalue weighted by Crippen LogP contribution is 2.26. The molecule has 0 atom stereocenters. The van der Waals surface area contributed by atoms with Crippen LogP contribution < -0.4 is 10.8 Å². The van der Waals surface area contributed by atoms with Crippen LogP contribution in [0.3, 0.4) is 0 Å². The maximum Gasteiger partial charge on any atom is 0.413 e. The van der Waals surface area contributed by atoms with E-state index >= 15 is 0 Å². The maximum absolute atomic E-state index is 11.8. The molecular weight excluding hydrogens is 233 g/mol. The fraction of sp³-hybridized carbons (Fsp3) is 0.455. The lowest BCUT2D eigenvalue weighted by Crippen LogP contribution is -2.24. The molecule has 0 saturated carbocycles. The summed E-state index contributed by atoms with van der Waals surface area (Å²) in [5.41, 5.74) is 5.45. The van der Waals surface area contributed by atoms with E-state index in [0.29, 0.717) is 0 Å². The Balaban J connectivity index is 1.86. The van der Waals surface area contributed by atoms with Gasteiger partial charge < -0.3 is 5.32 Å². The highest BCUT2D eigenvalue weighted by Gasteiger charge is 2.27. The zero-order chi connectivity index (χ0) is 12.3. The van der Waals surface area contributed by atoms with Crippen molar-refractivity contribution in [2.45, 2.75) is 19.1 Å². The number of alkyl halides is 3. The van der Waals surface area contributed by atoms with Crippen LogP contribution in [-0.2, 0) is 17.8 Å². The molecule has 2 N–H and O–H groups in total. The molecule has 0 radical (unpaired) electrons. The largest absolute Gasteiger partial charge is 0.413 e. The summed E-state index contributed by atoms with van der Waals surface area (Å²) in [5.74, 6) is 0. The third-order valence-corrected chi connectivity index (χ3v) is 2.53. The van der Waals surface area contributed by atoms with Crippen LogP contribution in [0.25, 0.3) is 0 Å². The Morgan fingerprint density at radius 3 is 2.94 bits per heavy atom.